The molecule has 0 aromatic heterocycles. The van der Waals surface area contributed by atoms with Gasteiger partial charge in [0, 0.05) is 19.1 Å². The summed E-state index contributed by atoms with van der Waals surface area (Å²) in [4.78, 5) is 2.50. The molecule has 0 bridgehead atoms. The summed E-state index contributed by atoms with van der Waals surface area (Å²) in [5.74, 6) is 0. The first-order valence-corrected chi connectivity index (χ1v) is 5.24. The molecule has 0 N–H and O–H groups in total. The van der Waals surface area contributed by atoms with Crippen molar-refractivity contribution in [3.8, 4) is 0 Å². The topological polar surface area (TPSA) is 21.7 Å². The molecule has 0 spiro atoms. The van der Waals surface area contributed by atoms with E-state index in [0.717, 1.165) is 26.3 Å². The molecule has 1 aliphatic carbocycles. The number of morpholine rings is 1. The molecular weight excluding hydrogens is 166 g/mol. The summed E-state index contributed by atoms with van der Waals surface area (Å²) < 4.78 is 11.1. The van der Waals surface area contributed by atoms with Gasteiger partial charge < -0.3 is 9.47 Å². The second-order valence-electron chi connectivity index (χ2n) is 4.17. The Balaban J connectivity index is 1.64. The SMILES string of the molecule is CC(C)OCCN1CCOC2CC21. The van der Waals surface area contributed by atoms with Crippen LogP contribution in [-0.4, -0.2) is 49.5 Å². The molecule has 1 heterocycles. The first-order chi connectivity index (χ1) is 6.27. The van der Waals surface area contributed by atoms with Gasteiger partial charge in [0.25, 0.3) is 0 Å². The number of rotatable bonds is 4. The lowest BCUT2D eigenvalue weighted by Gasteiger charge is -2.26. The summed E-state index contributed by atoms with van der Waals surface area (Å²) in [6.07, 6.45) is 2.14. The van der Waals surface area contributed by atoms with E-state index in [1.807, 2.05) is 0 Å². The fourth-order valence-electron chi connectivity index (χ4n) is 1.89. The smallest absolute Gasteiger partial charge is 0.0747 e. The van der Waals surface area contributed by atoms with Gasteiger partial charge in [0.15, 0.2) is 0 Å². The van der Waals surface area contributed by atoms with E-state index in [4.69, 9.17) is 9.47 Å². The van der Waals surface area contributed by atoms with Crippen LogP contribution in [0.5, 0.6) is 0 Å². The standard InChI is InChI=1S/C10H19NO2/c1-8(2)12-5-3-11-4-6-13-10-7-9(10)11/h8-10H,3-7H2,1-2H3. The van der Waals surface area contributed by atoms with Gasteiger partial charge in [-0.05, 0) is 20.3 Å². The normalized spacial score (nSPS) is 33.5. The molecule has 0 aromatic rings. The highest BCUT2D eigenvalue weighted by molar-refractivity contribution is 4.99. The van der Waals surface area contributed by atoms with Crippen molar-refractivity contribution in [2.45, 2.75) is 38.5 Å². The van der Waals surface area contributed by atoms with Crippen LogP contribution in [0.2, 0.25) is 0 Å². The van der Waals surface area contributed by atoms with Crippen molar-refractivity contribution in [3.63, 3.8) is 0 Å². The van der Waals surface area contributed by atoms with E-state index in [0.29, 0.717) is 18.2 Å². The molecule has 2 aliphatic rings. The van der Waals surface area contributed by atoms with Gasteiger partial charge in [0.2, 0.25) is 0 Å². The number of ether oxygens (including phenoxy) is 2. The van der Waals surface area contributed by atoms with Gasteiger partial charge in [-0.3, -0.25) is 4.90 Å². The molecule has 76 valence electrons. The van der Waals surface area contributed by atoms with E-state index in [9.17, 15) is 0 Å². The van der Waals surface area contributed by atoms with Crippen molar-refractivity contribution in [2.75, 3.05) is 26.3 Å². The van der Waals surface area contributed by atoms with Crippen molar-refractivity contribution in [1.29, 1.82) is 0 Å². The minimum absolute atomic E-state index is 0.357. The minimum Gasteiger partial charge on any atom is -0.377 e. The average molecular weight is 185 g/mol. The second-order valence-corrected chi connectivity index (χ2v) is 4.17. The lowest BCUT2D eigenvalue weighted by molar-refractivity contribution is 0.00623. The van der Waals surface area contributed by atoms with Crippen LogP contribution in [0.4, 0.5) is 0 Å². The minimum atomic E-state index is 0.357. The van der Waals surface area contributed by atoms with E-state index in [1.54, 1.807) is 0 Å². The summed E-state index contributed by atoms with van der Waals surface area (Å²) in [6, 6.07) is 0.713. The first-order valence-electron chi connectivity index (χ1n) is 5.24. The Labute approximate surface area is 80.0 Å². The molecule has 2 fully saturated rings. The molecular formula is C10H19NO2. The number of hydrogen-bond donors (Lipinski definition) is 0. The van der Waals surface area contributed by atoms with Crippen LogP contribution in [-0.2, 0) is 9.47 Å². The van der Waals surface area contributed by atoms with Crippen LogP contribution in [0.3, 0.4) is 0 Å². The predicted octanol–water partition coefficient (Wildman–Crippen LogP) is 0.885. The maximum Gasteiger partial charge on any atom is 0.0747 e. The third-order valence-electron chi connectivity index (χ3n) is 2.71. The van der Waals surface area contributed by atoms with E-state index < -0.39 is 0 Å². The molecule has 1 saturated heterocycles. The molecule has 2 unspecified atom stereocenters. The van der Waals surface area contributed by atoms with Crippen LogP contribution < -0.4 is 0 Å². The highest BCUT2D eigenvalue weighted by atomic mass is 16.5. The summed E-state index contributed by atoms with van der Waals surface area (Å²) in [6.45, 7) is 8.09. The van der Waals surface area contributed by atoms with Crippen molar-refractivity contribution >= 4 is 0 Å². The molecule has 2 rings (SSSR count). The number of fused-ring (bicyclic) bond motifs is 1. The van der Waals surface area contributed by atoms with Crippen LogP contribution in [0.25, 0.3) is 0 Å². The Hall–Kier alpha value is -0.120. The summed E-state index contributed by atoms with van der Waals surface area (Å²) in [7, 11) is 0. The fourth-order valence-corrected chi connectivity index (χ4v) is 1.89. The maximum absolute atomic E-state index is 5.53. The van der Waals surface area contributed by atoms with Crippen LogP contribution in [0.1, 0.15) is 20.3 Å². The van der Waals surface area contributed by atoms with Crippen molar-refractivity contribution in [2.24, 2.45) is 0 Å². The van der Waals surface area contributed by atoms with Gasteiger partial charge >= 0.3 is 0 Å². The van der Waals surface area contributed by atoms with Gasteiger partial charge in [-0.15, -0.1) is 0 Å². The molecule has 13 heavy (non-hydrogen) atoms. The van der Waals surface area contributed by atoms with Crippen molar-refractivity contribution < 1.29 is 9.47 Å². The highest BCUT2D eigenvalue weighted by Gasteiger charge is 2.45. The molecule has 3 nitrogen and oxygen atoms in total. The summed E-state index contributed by atoms with van der Waals surface area (Å²) in [5.41, 5.74) is 0. The molecule has 0 radical (unpaired) electrons. The Morgan fingerprint density at radius 1 is 1.54 bits per heavy atom. The molecule has 1 aliphatic heterocycles. The van der Waals surface area contributed by atoms with Gasteiger partial charge in [0.05, 0.1) is 25.4 Å². The van der Waals surface area contributed by atoms with E-state index >= 15 is 0 Å². The Bertz CT molecular complexity index is 172. The van der Waals surface area contributed by atoms with Crippen LogP contribution >= 0.6 is 0 Å². The van der Waals surface area contributed by atoms with Gasteiger partial charge in [-0.2, -0.15) is 0 Å². The molecule has 0 aromatic carbocycles. The molecule has 3 heteroatoms. The Morgan fingerprint density at radius 2 is 2.38 bits per heavy atom. The average Bonchev–Trinajstić information content (AvgIpc) is 2.82. The monoisotopic (exact) mass is 185 g/mol. The molecule has 1 saturated carbocycles. The van der Waals surface area contributed by atoms with Crippen molar-refractivity contribution in [3.05, 3.63) is 0 Å². The lowest BCUT2D eigenvalue weighted by atomic mass is 10.4. The fraction of sp³-hybridized carbons (Fsp3) is 1.00. The van der Waals surface area contributed by atoms with Crippen LogP contribution in [0.15, 0.2) is 0 Å². The maximum atomic E-state index is 5.53. The van der Waals surface area contributed by atoms with E-state index in [1.165, 1.54) is 6.42 Å². The lowest BCUT2D eigenvalue weighted by Crippen LogP contribution is -2.39. The predicted molar refractivity (Wildman–Crippen MR) is 50.8 cm³/mol. The summed E-state index contributed by atoms with van der Waals surface area (Å²) >= 11 is 0. The van der Waals surface area contributed by atoms with E-state index in [-0.39, 0.29) is 0 Å². The quantitative estimate of drug-likeness (QED) is 0.649. The zero-order chi connectivity index (χ0) is 9.26. The largest absolute Gasteiger partial charge is 0.377 e. The van der Waals surface area contributed by atoms with Gasteiger partial charge in [-0.1, -0.05) is 0 Å². The Kier molecular flexibility index (Phi) is 2.86. The number of nitrogens with zero attached hydrogens (tertiary/aromatic N) is 1. The van der Waals surface area contributed by atoms with E-state index in [2.05, 4.69) is 18.7 Å². The van der Waals surface area contributed by atoms with Gasteiger partial charge in [0.1, 0.15) is 0 Å². The third-order valence-corrected chi connectivity index (χ3v) is 2.71. The highest BCUT2D eigenvalue weighted by Crippen LogP contribution is 2.33. The first kappa shape index (κ1) is 9.44. The van der Waals surface area contributed by atoms with Crippen LogP contribution in [0, 0.1) is 0 Å². The van der Waals surface area contributed by atoms with Gasteiger partial charge in [-0.25, -0.2) is 0 Å². The zero-order valence-corrected chi connectivity index (χ0v) is 8.53. The molecule has 0 amide bonds. The third kappa shape index (κ3) is 2.42. The second kappa shape index (κ2) is 3.95. The Morgan fingerprint density at radius 3 is 3.15 bits per heavy atom. The van der Waals surface area contributed by atoms with Crippen molar-refractivity contribution in [1.82, 2.24) is 4.90 Å². The summed E-state index contributed by atoms with van der Waals surface area (Å²) in [5, 5.41) is 0. The number of hydrogen-bond acceptors (Lipinski definition) is 3. The molecule has 2 atom stereocenters. The zero-order valence-electron chi connectivity index (χ0n) is 8.53.